The number of ether oxygens (including phenoxy) is 2. The van der Waals surface area contributed by atoms with Gasteiger partial charge >= 0.3 is 12.2 Å². The molecule has 1 N–H and O–H groups in total. The third-order valence-electron chi connectivity index (χ3n) is 11.1. The van der Waals surface area contributed by atoms with Crippen LogP contribution in [0.4, 0.5) is 9.59 Å². The van der Waals surface area contributed by atoms with E-state index in [0.29, 0.717) is 25.9 Å². The lowest BCUT2D eigenvalue weighted by Gasteiger charge is -2.51. The standard InChI is InChI=1S/C42H58N4O5/c1-27(2)43-23-18-29-14-16-31(25-34(29)43)36(33-13-11-21-45(33)38(48)51-41(8,9)10)50-39(49)46-22-12-20-42(46,40(5,6)7)37(47)32-17-15-30-19-24-44(28(3)4)35(30)26-32/h14-19,23-28,33,36-37,47H,11-13,20-22H2,1-10H3/t33-,36?,37?,42?/m0/s1. The normalized spacial score (nSPS) is 21.3. The average Bonchev–Trinajstić information content (AvgIpc) is 3.86. The van der Waals surface area contributed by atoms with Crippen LogP contribution in [0, 0.1) is 5.41 Å². The maximum absolute atomic E-state index is 14.8. The van der Waals surface area contributed by atoms with E-state index in [1.165, 1.54) is 0 Å². The van der Waals surface area contributed by atoms with E-state index < -0.39 is 47.0 Å². The second-order valence-electron chi connectivity index (χ2n) is 17.3. The Bertz CT molecular complexity index is 1890. The predicted octanol–water partition coefficient (Wildman–Crippen LogP) is 9.95. The molecule has 2 aliphatic rings. The maximum atomic E-state index is 14.8. The molecule has 2 amide bonds. The van der Waals surface area contributed by atoms with E-state index in [2.05, 4.69) is 106 Å². The first-order chi connectivity index (χ1) is 23.9. The fraction of sp³-hybridized carbons (Fsp3) is 0.571. The van der Waals surface area contributed by atoms with Crippen molar-refractivity contribution in [3.05, 3.63) is 72.1 Å². The van der Waals surface area contributed by atoms with Gasteiger partial charge in [0.05, 0.1) is 11.6 Å². The number of nitrogens with zero attached hydrogens (tertiary/aromatic N) is 4. The molecule has 4 atom stereocenters. The molecule has 9 heteroatoms. The first-order valence-electron chi connectivity index (χ1n) is 18.8. The lowest BCUT2D eigenvalue weighted by atomic mass is 9.67. The Kier molecular flexibility index (Phi) is 9.76. The van der Waals surface area contributed by atoms with Gasteiger partial charge in [0.15, 0.2) is 0 Å². The fourth-order valence-corrected chi connectivity index (χ4v) is 8.62. The third kappa shape index (κ3) is 6.74. The maximum Gasteiger partial charge on any atom is 0.411 e. The average molecular weight is 699 g/mol. The molecule has 0 bridgehead atoms. The van der Waals surface area contributed by atoms with Gasteiger partial charge in [-0.1, -0.05) is 45.0 Å². The highest BCUT2D eigenvalue weighted by atomic mass is 16.6. The summed E-state index contributed by atoms with van der Waals surface area (Å²) in [6.07, 6.45) is 4.40. The number of carbonyl (C=O) groups excluding carboxylic acids is 2. The molecule has 276 valence electrons. The summed E-state index contributed by atoms with van der Waals surface area (Å²) >= 11 is 0. The number of hydrogen-bond acceptors (Lipinski definition) is 5. The molecule has 2 fully saturated rings. The zero-order valence-corrected chi connectivity index (χ0v) is 32.3. The SMILES string of the molecule is CC(C)n1ccc2ccc(C(OC(=O)N3CCCC3(C(O)c3ccc4ccn(C(C)C)c4c3)C(C)(C)C)[C@@H]3CCCN3C(=O)OC(C)(C)C)cc21. The third-order valence-corrected chi connectivity index (χ3v) is 11.1. The predicted molar refractivity (Wildman–Crippen MR) is 203 cm³/mol. The molecule has 6 rings (SSSR count). The second kappa shape index (κ2) is 13.5. The van der Waals surface area contributed by atoms with Gasteiger partial charge in [-0.25, -0.2) is 9.59 Å². The molecule has 2 aliphatic heterocycles. The van der Waals surface area contributed by atoms with E-state index in [9.17, 15) is 14.7 Å². The van der Waals surface area contributed by atoms with E-state index in [4.69, 9.17) is 9.47 Å². The molecule has 0 radical (unpaired) electrons. The summed E-state index contributed by atoms with van der Waals surface area (Å²) in [5, 5.41) is 14.7. The van der Waals surface area contributed by atoms with Crippen LogP contribution in [-0.4, -0.2) is 66.5 Å². The van der Waals surface area contributed by atoms with E-state index in [1.54, 1.807) is 9.80 Å². The minimum absolute atomic E-state index is 0.240. The Labute approximate surface area is 303 Å². The number of benzene rings is 2. The molecule has 0 aliphatic carbocycles. The van der Waals surface area contributed by atoms with Crippen LogP contribution in [0.5, 0.6) is 0 Å². The molecule has 0 spiro atoms. The summed E-state index contributed by atoms with van der Waals surface area (Å²) in [5.74, 6) is 0. The number of likely N-dealkylation sites (tertiary alicyclic amines) is 2. The van der Waals surface area contributed by atoms with Gasteiger partial charge < -0.3 is 28.6 Å². The van der Waals surface area contributed by atoms with E-state index in [-0.39, 0.29) is 12.1 Å². The fourth-order valence-electron chi connectivity index (χ4n) is 8.62. The van der Waals surface area contributed by atoms with Crippen LogP contribution in [0.25, 0.3) is 21.8 Å². The van der Waals surface area contributed by atoms with Crippen molar-refractivity contribution in [3.8, 4) is 0 Å². The molecule has 2 saturated heterocycles. The molecule has 4 heterocycles. The number of aromatic nitrogens is 2. The minimum atomic E-state index is -0.957. The molecule has 4 aromatic rings. The van der Waals surface area contributed by atoms with Crippen LogP contribution in [0.2, 0.25) is 0 Å². The number of aliphatic hydroxyl groups is 1. The molecule has 2 aromatic heterocycles. The highest BCUT2D eigenvalue weighted by molar-refractivity contribution is 5.82. The highest BCUT2D eigenvalue weighted by Crippen LogP contribution is 2.52. The van der Waals surface area contributed by atoms with Crippen molar-refractivity contribution in [1.82, 2.24) is 18.9 Å². The van der Waals surface area contributed by atoms with Crippen molar-refractivity contribution < 1.29 is 24.2 Å². The van der Waals surface area contributed by atoms with Crippen molar-refractivity contribution in [3.63, 3.8) is 0 Å². The first kappa shape index (κ1) is 36.8. The van der Waals surface area contributed by atoms with Gasteiger partial charge in [-0.2, -0.15) is 0 Å². The van der Waals surface area contributed by atoms with Crippen molar-refractivity contribution >= 4 is 34.0 Å². The van der Waals surface area contributed by atoms with Crippen molar-refractivity contribution in [2.75, 3.05) is 13.1 Å². The quantitative estimate of drug-likeness (QED) is 0.208. The molecule has 3 unspecified atom stereocenters. The summed E-state index contributed by atoms with van der Waals surface area (Å²) < 4.78 is 17.0. The van der Waals surface area contributed by atoms with Crippen molar-refractivity contribution in [2.24, 2.45) is 5.41 Å². The molecule has 9 nitrogen and oxygen atoms in total. The minimum Gasteiger partial charge on any atom is -0.444 e. The van der Waals surface area contributed by atoms with Crippen LogP contribution in [0.3, 0.4) is 0 Å². The monoisotopic (exact) mass is 698 g/mol. The summed E-state index contributed by atoms with van der Waals surface area (Å²) in [5.41, 5.74) is 1.62. The van der Waals surface area contributed by atoms with E-state index >= 15 is 0 Å². The molecule has 2 aromatic carbocycles. The Balaban J connectivity index is 1.40. The summed E-state index contributed by atoms with van der Waals surface area (Å²) in [4.78, 5) is 32.0. The lowest BCUT2D eigenvalue weighted by molar-refractivity contribution is -0.0810. The number of fused-ring (bicyclic) bond motifs is 2. The van der Waals surface area contributed by atoms with E-state index in [0.717, 1.165) is 45.8 Å². The lowest BCUT2D eigenvalue weighted by Crippen LogP contribution is -2.59. The molecular weight excluding hydrogens is 640 g/mol. The van der Waals surface area contributed by atoms with Gasteiger partial charge in [0, 0.05) is 48.6 Å². The van der Waals surface area contributed by atoms with Gasteiger partial charge in [-0.3, -0.25) is 4.90 Å². The number of aliphatic hydroxyl groups excluding tert-OH is 1. The van der Waals surface area contributed by atoms with Crippen LogP contribution in [-0.2, 0) is 9.47 Å². The summed E-state index contributed by atoms with van der Waals surface area (Å²) in [6.45, 7) is 21.5. The van der Waals surface area contributed by atoms with E-state index in [1.807, 2.05) is 32.9 Å². The number of hydrogen-bond donors (Lipinski definition) is 1. The second-order valence-corrected chi connectivity index (χ2v) is 17.3. The van der Waals surface area contributed by atoms with Crippen LogP contribution >= 0.6 is 0 Å². The Morgan fingerprint density at radius 3 is 1.90 bits per heavy atom. The van der Waals surface area contributed by atoms with Gasteiger partial charge in [0.2, 0.25) is 0 Å². The van der Waals surface area contributed by atoms with Gasteiger partial charge in [-0.05, 0) is 126 Å². The summed E-state index contributed by atoms with van der Waals surface area (Å²) in [7, 11) is 0. The highest BCUT2D eigenvalue weighted by Gasteiger charge is 2.57. The topological polar surface area (TPSA) is 89.2 Å². The number of amides is 2. The Hall–Kier alpha value is -3.98. The van der Waals surface area contributed by atoms with Gasteiger partial charge in [0.1, 0.15) is 17.8 Å². The van der Waals surface area contributed by atoms with Crippen molar-refractivity contribution in [1.29, 1.82) is 0 Å². The van der Waals surface area contributed by atoms with Gasteiger partial charge in [0.25, 0.3) is 0 Å². The van der Waals surface area contributed by atoms with Crippen molar-refractivity contribution in [2.45, 2.75) is 136 Å². The number of carbonyl (C=O) groups is 2. The zero-order valence-electron chi connectivity index (χ0n) is 32.3. The van der Waals surface area contributed by atoms with Crippen LogP contribution in [0.15, 0.2) is 60.9 Å². The number of rotatable bonds is 7. The first-order valence-corrected chi connectivity index (χ1v) is 18.8. The smallest absolute Gasteiger partial charge is 0.411 e. The Morgan fingerprint density at radius 1 is 0.784 bits per heavy atom. The Morgan fingerprint density at radius 2 is 1.35 bits per heavy atom. The molecule has 51 heavy (non-hydrogen) atoms. The van der Waals surface area contributed by atoms with Gasteiger partial charge in [-0.15, -0.1) is 0 Å². The summed E-state index contributed by atoms with van der Waals surface area (Å²) in [6, 6.07) is 16.6. The van der Waals surface area contributed by atoms with Crippen LogP contribution < -0.4 is 0 Å². The zero-order chi connectivity index (χ0) is 37.0. The molecule has 0 saturated carbocycles. The molecular formula is C42H58N4O5. The van der Waals surface area contributed by atoms with Crippen LogP contribution in [0.1, 0.15) is 130 Å². The largest absolute Gasteiger partial charge is 0.444 e.